The number of hydrogen-bond donors (Lipinski definition) is 0. The molecule has 0 aliphatic carbocycles. The fourth-order valence-electron chi connectivity index (χ4n) is 2.10. The molecule has 0 spiro atoms. The number of fused-ring (bicyclic) bond motifs is 1. The van der Waals surface area contributed by atoms with Crippen LogP contribution in [0.3, 0.4) is 0 Å². The lowest BCUT2D eigenvalue weighted by Crippen LogP contribution is -1.94. The zero-order valence-corrected chi connectivity index (χ0v) is 12.1. The Morgan fingerprint density at radius 1 is 0.895 bits per heavy atom. The Morgan fingerprint density at radius 3 is 2.21 bits per heavy atom. The molecule has 3 rings (SSSR count). The fraction of sp³-hybridized carbons (Fsp3) is 0. The van der Waals surface area contributed by atoms with Crippen molar-refractivity contribution in [2.45, 2.75) is 0 Å². The highest BCUT2D eigenvalue weighted by atomic mass is 127. The van der Waals surface area contributed by atoms with Crippen molar-refractivity contribution in [3.8, 4) is 17.3 Å². The predicted molar refractivity (Wildman–Crippen MR) is 84.6 cm³/mol. The van der Waals surface area contributed by atoms with Gasteiger partial charge in [0.05, 0.1) is 5.69 Å². The molecule has 0 fully saturated rings. The largest absolute Gasteiger partial charge is 0.235 e. The molecule has 3 heteroatoms. The first-order valence-corrected chi connectivity index (χ1v) is 6.93. The third kappa shape index (κ3) is 2.08. The van der Waals surface area contributed by atoms with Crippen molar-refractivity contribution in [2.75, 3.05) is 0 Å². The molecule has 90 valence electrons. The summed E-state index contributed by atoms with van der Waals surface area (Å²) in [6, 6.07) is 20.1. The summed E-state index contributed by atoms with van der Waals surface area (Å²) in [4.78, 5) is 4.52. The topological polar surface area (TPSA) is 36.7 Å². The van der Waals surface area contributed by atoms with Crippen LogP contribution in [0.4, 0.5) is 0 Å². The highest BCUT2D eigenvalue weighted by Gasteiger charge is 2.12. The molecule has 19 heavy (non-hydrogen) atoms. The van der Waals surface area contributed by atoms with Gasteiger partial charge in [-0.15, -0.1) is 0 Å². The summed E-state index contributed by atoms with van der Waals surface area (Å²) < 4.78 is 1.08. The second-order valence-corrected chi connectivity index (χ2v) is 5.23. The van der Waals surface area contributed by atoms with Gasteiger partial charge < -0.3 is 0 Å². The molecule has 0 aliphatic heterocycles. The fourth-order valence-corrected chi connectivity index (χ4v) is 3.00. The molecule has 0 bridgehead atoms. The quantitative estimate of drug-likeness (QED) is 0.607. The molecule has 0 radical (unpaired) electrons. The first-order chi connectivity index (χ1) is 9.31. The van der Waals surface area contributed by atoms with Crippen LogP contribution in [-0.2, 0) is 0 Å². The van der Waals surface area contributed by atoms with E-state index in [0.717, 1.165) is 25.6 Å². The number of rotatable bonds is 1. The second kappa shape index (κ2) is 4.98. The number of nitrogens with zero attached hydrogens (tertiary/aromatic N) is 2. The summed E-state index contributed by atoms with van der Waals surface area (Å²) in [6.07, 6.45) is 0. The summed E-state index contributed by atoms with van der Waals surface area (Å²) in [7, 11) is 0. The Bertz CT molecular complexity index is 789. The van der Waals surface area contributed by atoms with Crippen LogP contribution in [0.15, 0.2) is 54.6 Å². The van der Waals surface area contributed by atoms with Crippen molar-refractivity contribution in [1.82, 2.24) is 4.98 Å². The lowest BCUT2D eigenvalue weighted by atomic mass is 10.1. The van der Waals surface area contributed by atoms with Crippen LogP contribution in [0.1, 0.15) is 5.69 Å². The van der Waals surface area contributed by atoms with E-state index in [1.54, 1.807) is 0 Å². The van der Waals surface area contributed by atoms with Gasteiger partial charge in [0.25, 0.3) is 0 Å². The van der Waals surface area contributed by atoms with Gasteiger partial charge >= 0.3 is 0 Å². The van der Waals surface area contributed by atoms with Crippen molar-refractivity contribution in [2.24, 2.45) is 0 Å². The highest BCUT2D eigenvalue weighted by Crippen LogP contribution is 2.31. The first-order valence-electron chi connectivity index (χ1n) is 5.85. The van der Waals surface area contributed by atoms with Gasteiger partial charge in [0.2, 0.25) is 0 Å². The Morgan fingerprint density at radius 2 is 1.53 bits per heavy atom. The molecule has 2 aromatic carbocycles. The SMILES string of the molecule is N#Cc1nc(-c2ccccc2)c(I)c2ccccc12. The van der Waals surface area contributed by atoms with Crippen LogP contribution in [0.25, 0.3) is 22.0 Å². The first kappa shape index (κ1) is 12.1. The van der Waals surface area contributed by atoms with Gasteiger partial charge in [-0.1, -0.05) is 54.6 Å². The minimum absolute atomic E-state index is 0.481. The van der Waals surface area contributed by atoms with E-state index < -0.39 is 0 Å². The van der Waals surface area contributed by atoms with E-state index in [1.807, 2.05) is 54.6 Å². The van der Waals surface area contributed by atoms with Crippen LogP contribution in [0.5, 0.6) is 0 Å². The zero-order chi connectivity index (χ0) is 13.2. The van der Waals surface area contributed by atoms with Gasteiger partial charge in [-0.25, -0.2) is 4.98 Å². The van der Waals surface area contributed by atoms with E-state index in [-0.39, 0.29) is 0 Å². The summed E-state index contributed by atoms with van der Waals surface area (Å²) in [5.41, 5.74) is 2.39. The summed E-state index contributed by atoms with van der Waals surface area (Å²) >= 11 is 2.30. The maximum Gasteiger partial charge on any atom is 0.149 e. The predicted octanol–water partition coefficient (Wildman–Crippen LogP) is 4.38. The molecule has 0 N–H and O–H groups in total. The Labute approximate surface area is 124 Å². The van der Waals surface area contributed by atoms with Crippen molar-refractivity contribution in [3.05, 3.63) is 63.9 Å². The molecule has 0 unspecified atom stereocenters. The molecule has 0 atom stereocenters. The van der Waals surface area contributed by atoms with Crippen molar-refractivity contribution >= 4 is 33.4 Å². The lowest BCUT2D eigenvalue weighted by molar-refractivity contribution is 1.28. The van der Waals surface area contributed by atoms with E-state index in [2.05, 4.69) is 33.6 Å². The molecule has 0 amide bonds. The average Bonchev–Trinajstić information content (AvgIpc) is 2.49. The van der Waals surface area contributed by atoms with Crippen LogP contribution in [0.2, 0.25) is 0 Å². The number of aromatic nitrogens is 1. The Balaban J connectivity index is 2.39. The van der Waals surface area contributed by atoms with E-state index in [0.29, 0.717) is 5.69 Å². The zero-order valence-electron chi connectivity index (χ0n) is 9.97. The van der Waals surface area contributed by atoms with Gasteiger partial charge in [-0.05, 0) is 22.6 Å². The van der Waals surface area contributed by atoms with Gasteiger partial charge in [0.15, 0.2) is 0 Å². The van der Waals surface area contributed by atoms with Gasteiger partial charge in [-0.2, -0.15) is 5.26 Å². The normalized spacial score (nSPS) is 10.3. The minimum Gasteiger partial charge on any atom is -0.235 e. The number of pyridine rings is 1. The standard InChI is InChI=1S/C16H9IN2/c17-15-13-9-5-4-8-12(13)14(10-18)19-16(15)11-6-2-1-3-7-11/h1-9H. The smallest absolute Gasteiger partial charge is 0.149 e. The average molecular weight is 356 g/mol. The third-order valence-corrected chi connectivity index (χ3v) is 4.10. The molecule has 1 aromatic heterocycles. The molecule has 2 nitrogen and oxygen atoms in total. The number of benzene rings is 2. The van der Waals surface area contributed by atoms with Crippen LogP contribution >= 0.6 is 22.6 Å². The lowest BCUT2D eigenvalue weighted by Gasteiger charge is -2.09. The van der Waals surface area contributed by atoms with Crippen LogP contribution in [0, 0.1) is 14.9 Å². The van der Waals surface area contributed by atoms with E-state index in [9.17, 15) is 5.26 Å². The molecule has 3 aromatic rings. The molecule has 1 heterocycles. The van der Waals surface area contributed by atoms with Gasteiger partial charge in [-0.3, -0.25) is 0 Å². The van der Waals surface area contributed by atoms with Gasteiger partial charge in [0, 0.05) is 19.9 Å². The van der Waals surface area contributed by atoms with Crippen LogP contribution < -0.4 is 0 Å². The number of nitriles is 1. The molecular formula is C16H9IN2. The molecule has 0 saturated heterocycles. The molecule has 0 aliphatic rings. The molecule has 0 saturated carbocycles. The number of hydrogen-bond acceptors (Lipinski definition) is 2. The monoisotopic (exact) mass is 356 g/mol. The summed E-state index contributed by atoms with van der Waals surface area (Å²) in [6.45, 7) is 0. The Hall–Kier alpha value is -1.93. The Kier molecular flexibility index (Phi) is 3.18. The van der Waals surface area contributed by atoms with E-state index in [1.165, 1.54) is 0 Å². The van der Waals surface area contributed by atoms with E-state index >= 15 is 0 Å². The molecular weight excluding hydrogens is 347 g/mol. The minimum atomic E-state index is 0.481. The highest BCUT2D eigenvalue weighted by molar-refractivity contribution is 14.1. The maximum absolute atomic E-state index is 9.28. The second-order valence-electron chi connectivity index (χ2n) is 4.15. The van der Waals surface area contributed by atoms with Crippen molar-refractivity contribution in [1.29, 1.82) is 5.26 Å². The number of halogens is 1. The van der Waals surface area contributed by atoms with Crippen molar-refractivity contribution < 1.29 is 0 Å². The maximum atomic E-state index is 9.28. The summed E-state index contributed by atoms with van der Waals surface area (Å²) in [5, 5.41) is 11.3. The van der Waals surface area contributed by atoms with Gasteiger partial charge in [0.1, 0.15) is 11.8 Å². The van der Waals surface area contributed by atoms with Crippen molar-refractivity contribution in [3.63, 3.8) is 0 Å². The van der Waals surface area contributed by atoms with E-state index in [4.69, 9.17) is 0 Å². The summed E-state index contributed by atoms with van der Waals surface area (Å²) in [5.74, 6) is 0. The van der Waals surface area contributed by atoms with Crippen LogP contribution in [-0.4, -0.2) is 4.98 Å². The third-order valence-electron chi connectivity index (χ3n) is 3.00.